The molecule has 0 saturated heterocycles. The first-order valence-corrected chi connectivity index (χ1v) is 14.2. The zero-order chi connectivity index (χ0) is 30.2. The summed E-state index contributed by atoms with van der Waals surface area (Å²) < 4.78 is 20.1. The smallest absolute Gasteiger partial charge is 0.307 e. The van der Waals surface area contributed by atoms with Gasteiger partial charge in [0.2, 0.25) is 0 Å². The predicted molar refractivity (Wildman–Crippen MR) is 147 cm³/mol. The summed E-state index contributed by atoms with van der Waals surface area (Å²) in [4.78, 5) is 64.8. The third-order valence-corrected chi connectivity index (χ3v) is 5.86. The van der Waals surface area contributed by atoms with Crippen LogP contribution in [0.2, 0.25) is 0 Å². The van der Waals surface area contributed by atoms with E-state index in [-0.39, 0.29) is 89.0 Å². The van der Waals surface area contributed by atoms with Gasteiger partial charge in [-0.2, -0.15) is 0 Å². The van der Waals surface area contributed by atoms with E-state index in [1.165, 1.54) is 0 Å². The second-order valence-corrected chi connectivity index (χ2v) is 8.89. The molecule has 0 atom stereocenters. The molecular weight excluding hydrogens is 526 g/mol. The summed E-state index contributed by atoms with van der Waals surface area (Å²) in [6, 6.07) is 0. The van der Waals surface area contributed by atoms with Gasteiger partial charge in [0, 0.05) is 58.9 Å². The number of carboxylic acid groups (broad SMARTS) is 1. The Morgan fingerprint density at radius 2 is 0.650 bits per heavy atom. The maximum Gasteiger partial charge on any atom is 0.307 e. The van der Waals surface area contributed by atoms with E-state index in [1.807, 2.05) is 9.80 Å². The van der Waals surface area contributed by atoms with Crippen LogP contribution in [0.5, 0.6) is 0 Å². The Balaban J connectivity index is 5.34. The van der Waals surface area contributed by atoms with Crippen molar-refractivity contribution >= 4 is 29.8 Å². The molecule has 0 rings (SSSR count). The van der Waals surface area contributed by atoms with E-state index in [1.54, 1.807) is 27.7 Å². The molecule has 40 heavy (non-hydrogen) atoms. The molecule has 0 spiro atoms. The van der Waals surface area contributed by atoms with E-state index in [2.05, 4.69) is 4.90 Å². The summed E-state index contributed by atoms with van der Waals surface area (Å²) in [5, 5.41) is 9.14. The second kappa shape index (κ2) is 24.1. The van der Waals surface area contributed by atoms with Crippen molar-refractivity contribution in [2.45, 2.75) is 59.8 Å². The quantitative estimate of drug-likeness (QED) is 0.123. The first kappa shape index (κ1) is 37.2. The number of aliphatic carboxylic acids is 1. The largest absolute Gasteiger partial charge is 0.481 e. The molecule has 0 aromatic carbocycles. The number of carboxylic acids is 1. The van der Waals surface area contributed by atoms with Gasteiger partial charge in [0.1, 0.15) is 0 Å². The van der Waals surface area contributed by atoms with Crippen molar-refractivity contribution in [3.05, 3.63) is 0 Å². The number of hydrogen-bond acceptors (Lipinski definition) is 12. The average molecular weight is 576 g/mol. The van der Waals surface area contributed by atoms with E-state index in [4.69, 9.17) is 24.1 Å². The highest BCUT2D eigenvalue weighted by atomic mass is 16.5. The lowest BCUT2D eigenvalue weighted by atomic mass is 10.3. The molecule has 0 aromatic rings. The Bertz CT molecular complexity index is 728. The zero-order valence-corrected chi connectivity index (χ0v) is 24.7. The summed E-state index contributed by atoms with van der Waals surface area (Å²) >= 11 is 0. The van der Waals surface area contributed by atoms with Gasteiger partial charge in [0.05, 0.1) is 58.5 Å². The summed E-state index contributed by atoms with van der Waals surface area (Å²) in [6.45, 7) is 11.9. The molecule has 232 valence electrons. The normalized spacial score (nSPS) is 11.1. The number of hydrogen-bond donors (Lipinski definition) is 1. The van der Waals surface area contributed by atoms with Crippen molar-refractivity contribution in [2.24, 2.45) is 0 Å². The van der Waals surface area contributed by atoms with Crippen molar-refractivity contribution in [2.75, 3.05) is 85.3 Å². The minimum Gasteiger partial charge on any atom is -0.481 e. The Hall–Kier alpha value is -2.77. The molecule has 0 aliphatic carbocycles. The average Bonchev–Trinajstić information content (AvgIpc) is 2.90. The van der Waals surface area contributed by atoms with Crippen LogP contribution in [0.1, 0.15) is 59.8 Å². The van der Waals surface area contributed by atoms with Gasteiger partial charge in [-0.05, 0) is 27.7 Å². The number of rotatable bonds is 25. The molecule has 0 heterocycles. The lowest BCUT2D eigenvalue weighted by Crippen LogP contribution is -2.42. The van der Waals surface area contributed by atoms with Crippen LogP contribution in [-0.2, 0) is 42.9 Å². The third-order valence-electron chi connectivity index (χ3n) is 5.86. The van der Waals surface area contributed by atoms with Crippen molar-refractivity contribution in [3.63, 3.8) is 0 Å². The topological polar surface area (TPSA) is 152 Å². The van der Waals surface area contributed by atoms with Gasteiger partial charge < -0.3 is 38.8 Å². The van der Waals surface area contributed by atoms with Crippen molar-refractivity contribution in [1.29, 1.82) is 0 Å². The standard InChI is InChI=1S/C27H49N3O10/c1-5-37-24(33)10-15-28(14-9-23(31)32)19-21-30(18-13-27(36)40-8-4)22-20-29(16-11-25(34)38-6-2)17-12-26(35)39-7-3/h5-22H2,1-4H3,(H,31,32). The van der Waals surface area contributed by atoms with Gasteiger partial charge in [-0.15, -0.1) is 0 Å². The first-order chi connectivity index (χ1) is 19.1. The van der Waals surface area contributed by atoms with Gasteiger partial charge in [0.15, 0.2) is 0 Å². The van der Waals surface area contributed by atoms with Crippen LogP contribution in [-0.4, -0.2) is 135 Å². The summed E-state index contributed by atoms with van der Waals surface area (Å²) in [7, 11) is 0. The van der Waals surface area contributed by atoms with Crippen molar-refractivity contribution in [1.82, 2.24) is 14.7 Å². The fourth-order valence-corrected chi connectivity index (χ4v) is 3.76. The highest BCUT2D eigenvalue weighted by Crippen LogP contribution is 2.04. The van der Waals surface area contributed by atoms with Crippen molar-refractivity contribution in [3.8, 4) is 0 Å². The van der Waals surface area contributed by atoms with E-state index in [0.29, 0.717) is 52.4 Å². The lowest BCUT2D eigenvalue weighted by Gasteiger charge is -2.29. The maximum atomic E-state index is 12.0. The zero-order valence-electron chi connectivity index (χ0n) is 24.7. The molecule has 0 aromatic heterocycles. The van der Waals surface area contributed by atoms with Crippen LogP contribution in [0.3, 0.4) is 0 Å². The molecular formula is C27H49N3O10. The molecule has 0 fully saturated rings. The third kappa shape index (κ3) is 21.1. The van der Waals surface area contributed by atoms with E-state index >= 15 is 0 Å². The van der Waals surface area contributed by atoms with E-state index in [9.17, 15) is 24.0 Å². The predicted octanol–water partition coefficient (Wildman–Crippen LogP) is 1.18. The molecule has 0 unspecified atom stereocenters. The molecule has 0 saturated carbocycles. The molecule has 0 aliphatic rings. The van der Waals surface area contributed by atoms with Crippen LogP contribution >= 0.6 is 0 Å². The fraction of sp³-hybridized carbons (Fsp3) is 0.815. The second-order valence-electron chi connectivity index (χ2n) is 8.89. The molecule has 13 nitrogen and oxygen atoms in total. The molecule has 0 aliphatic heterocycles. The van der Waals surface area contributed by atoms with Gasteiger partial charge in [-0.3, -0.25) is 24.0 Å². The molecule has 0 amide bonds. The Kier molecular flexibility index (Phi) is 22.4. The first-order valence-electron chi connectivity index (χ1n) is 14.2. The van der Waals surface area contributed by atoms with Crippen LogP contribution in [0.4, 0.5) is 0 Å². The Morgan fingerprint density at radius 1 is 0.425 bits per heavy atom. The molecule has 0 bridgehead atoms. The molecule has 1 N–H and O–H groups in total. The van der Waals surface area contributed by atoms with Gasteiger partial charge in [0.25, 0.3) is 0 Å². The Labute approximate surface area is 238 Å². The number of carbonyl (C=O) groups is 5. The number of nitrogens with zero attached hydrogens (tertiary/aromatic N) is 3. The molecule has 13 heteroatoms. The highest BCUT2D eigenvalue weighted by molar-refractivity contribution is 5.70. The van der Waals surface area contributed by atoms with Crippen LogP contribution in [0, 0.1) is 0 Å². The van der Waals surface area contributed by atoms with Crippen LogP contribution in [0.15, 0.2) is 0 Å². The van der Waals surface area contributed by atoms with Gasteiger partial charge >= 0.3 is 29.8 Å². The van der Waals surface area contributed by atoms with Gasteiger partial charge in [-0.25, -0.2) is 0 Å². The number of carbonyl (C=O) groups excluding carboxylic acids is 4. The minimum atomic E-state index is -0.931. The van der Waals surface area contributed by atoms with Crippen LogP contribution in [0.25, 0.3) is 0 Å². The maximum absolute atomic E-state index is 12.0. The van der Waals surface area contributed by atoms with E-state index < -0.39 is 5.97 Å². The lowest BCUT2D eigenvalue weighted by molar-refractivity contribution is -0.145. The summed E-state index contributed by atoms with van der Waals surface area (Å²) in [5.41, 5.74) is 0. The highest BCUT2D eigenvalue weighted by Gasteiger charge is 2.17. The molecule has 0 radical (unpaired) electrons. The van der Waals surface area contributed by atoms with Crippen LogP contribution < -0.4 is 0 Å². The fourth-order valence-electron chi connectivity index (χ4n) is 3.76. The number of esters is 4. The van der Waals surface area contributed by atoms with E-state index in [0.717, 1.165) is 0 Å². The summed E-state index contributed by atoms with van der Waals surface area (Å²) in [6.07, 6.45) is 0.608. The Morgan fingerprint density at radius 3 is 0.875 bits per heavy atom. The monoisotopic (exact) mass is 575 g/mol. The minimum absolute atomic E-state index is 0.0683. The number of ether oxygens (including phenoxy) is 4. The van der Waals surface area contributed by atoms with Crippen molar-refractivity contribution < 1.29 is 48.0 Å². The van der Waals surface area contributed by atoms with Gasteiger partial charge in [-0.1, -0.05) is 0 Å². The SMILES string of the molecule is CCOC(=O)CCN(CCC(=O)O)CCN(CCC(=O)OCC)CCN(CCC(=O)OCC)CCC(=O)OCC. The summed E-state index contributed by atoms with van der Waals surface area (Å²) in [5.74, 6) is -2.24.